The van der Waals surface area contributed by atoms with Gasteiger partial charge in [-0.2, -0.15) is 0 Å². The molecule has 0 saturated heterocycles. The Hall–Kier alpha value is -2.13. The molecular weight excluding hydrogens is 252 g/mol. The van der Waals surface area contributed by atoms with Crippen molar-refractivity contribution >= 4 is 6.29 Å². The molecule has 0 aliphatic carbocycles. The van der Waals surface area contributed by atoms with Gasteiger partial charge in [0.1, 0.15) is 12.0 Å². The number of aldehydes is 1. The first-order valence-corrected chi connectivity index (χ1v) is 6.61. The maximum Gasteiger partial charge on any atom is 0.131 e. The predicted molar refractivity (Wildman–Crippen MR) is 77.4 cm³/mol. The third-order valence-electron chi connectivity index (χ3n) is 3.40. The lowest BCUT2D eigenvalue weighted by Crippen LogP contribution is -2.30. The molecule has 1 unspecified atom stereocenters. The Kier molecular flexibility index (Phi) is 4.91. The molecule has 0 bridgehead atoms. The van der Waals surface area contributed by atoms with Crippen LogP contribution >= 0.6 is 0 Å². The van der Waals surface area contributed by atoms with E-state index in [9.17, 15) is 4.79 Å². The molecule has 1 N–H and O–H groups in total. The minimum atomic E-state index is -0.662. The lowest BCUT2D eigenvalue weighted by Gasteiger charge is -2.26. The van der Waals surface area contributed by atoms with Crippen LogP contribution in [0.25, 0.3) is 0 Å². The highest BCUT2D eigenvalue weighted by Crippen LogP contribution is 2.31. The van der Waals surface area contributed by atoms with Gasteiger partial charge in [0.15, 0.2) is 0 Å². The molecule has 0 fully saturated rings. The van der Waals surface area contributed by atoms with Gasteiger partial charge in [-0.25, -0.2) is 0 Å². The van der Waals surface area contributed by atoms with Crippen LogP contribution in [0.4, 0.5) is 0 Å². The molecule has 3 nitrogen and oxygen atoms in total. The second kappa shape index (κ2) is 6.87. The van der Waals surface area contributed by atoms with E-state index in [2.05, 4.69) is 0 Å². The summed E-state index contributed by atoms with van der Waals surface area (Å²) >= 11 is 0. The lowest BCUT2D eigenvalue weighted by molar-refractivity contribution is -0.112. The Morgan fingerprint density at radius 2 is 1.90 bits per heavy atom. The smallest absolute Gasteiger partial charge is 0.131 e. The van der Waals surface area contributed by atoms with Crippen molar-refractivity contribution in [2.45, 2.75) is 18.3 Å². The summed E-state index contributed by atoms with van der Waals surface area (Å²) in [5, 5.41) is 8.87. The van der Waals surface area contributed by atoms with Gasteiger partial charge in [0.2, 0.25) is 0 Å². The van der Waals surface area contributed by atoms with Crippen molar-refractivity contribution in [1.82, 2.24) is 0 Å². The first-order valence-electron chi connectivity index (χ1n) is 6.61. The van der Waals surface area contributed by atoms with Crippen molar-refractivity contribution in [2.24, 2.45) is 0 Å². The van der Waals surface area contributed by atoms with Crippen LogP contribution in [0.3, 0.4) is 0 Å². The molecule has 1 aromatic heterocycles. The van der Waals surface area contributed by atoms with Gasteiger partial charge in [-0.15, -0.1) is 0 Å². The normalized spacial score (nSPS) is 14.2. The minimum Gasteiger partial charge on any atom is -0.469 e. The van der Waals surface area contributed by atoms with E-state index in [4.69, 9.17) is 9.52 Å². The highest BCUT2D eigenvalue weighted by molar-refractivity contribution is 5.69. The number of hydrogen-bond acceptors (Lipinski definition) is 3. The van der Waals surface area contributed by atoms with Crippen LogP contribution in [0.15, 0.2) is 65.3 Å². The van der Waals surface area contributed by atoms with Gasteiger partial charge in [0.05, 0.1) is 18.3 Å². The Bertz CT molecular complexity index is 543. The van der Waals surface area contributed by atoms with Crippen LogP contribution in [-0.2, 0) is 16.6 Å². The summed E-state index contributed by atoms with van der Waals surface area (Å²) in [4.78, 5) is 11.8. The molecule has 0 saturated carbocycles. The number of rotatable bonds is 7. The van der Waals surface area contributed by atoms with Gasteiger partial charge in [0.25, 0.3) is 0 Å². The summed E-state index contributed by atoms with van der Waals surface area (Å²) in [6, 6.07) is 13.4. The fourth-order valence-corrected chi connectivity index (χ4v) is 2.31. The van der Waals surface area contributed by atoms with Crippen LogP contribution in [0.1, 0.15) is 17.7 Å². The first kappa shape index (κ1) is 14.3. The Balaban J connectivity index is 2.34. The average Bonchev–Trinajstić information content (AvgIpc) is 3.00. The maximum atomic E-state index is 11.8. The number of aliphatic hydroxyl groups is 1. The summed E-state index contributed by atoms with van der Waals surface area (Å²) in [7, 11) is 0. The molecule has 0 radical (unpaired) electrons. The second-order valence-corrected chi connectivity index (χ2v) is 4.75. The SMILES string of the molecule is O=CC(C/C=C/CO)(Cc1ccco1)c1ccccc1. The van der Waals surface area contributed by atoms with Gasteiger partial charge in [0, 0.05) is 6.42 Å². The number of benzene rings is 1. The van der Waals surface area contributed by atoms with E-state index in [1.165, 1.54) is 0 Å². The third-order valence-corrected chi connectivity index (χ3v) is 3.40. The topological polar surface area (TPSA) is 50.4 Å². The van der Waals surface area contributed by atoms with Crippen molar-refractivity contribution in [2.75, 3.05) is 6.61 Å². The summed E-state index contributed by atoms with van der Waals surface area (Å²) in [6.45, 7) is -0.0233. The predicted octanol–water partition coefficient (Wildman–Crippen LogP) is 2.90. The monoisotopic (exact) mass is 270 g/mol. The molecular formula is C17H18O3. The quantitative estimate of drug-likeness (QED) is 0.621. The third kappa shape index (κ3) is 3.25. The summed E-state index contributed by atoms with van der Waals surface area (Å²) in [5.74, 6) is 0.776. The molecule has 104 valence electrons. The van der Waals surface area contributed by atoms with Crippen LogP contribution in [0.2, 0.25) is 0 Å². The van der Waals surface area contributed by atoms with Gasteiger partial charge >= 0.3 is 0 Å². The molecule has 0 amide bonds. The highest BCUT2D eigenvalue weighted by atomic mass is 16.3. The molecule has 0 spiro atoms. The fraction of sp³-hybridized carbons (Fsp3) is 0.235. The molecule has 2 rings (SSSR count). The molecule has 3 heteroatoms. The van der Waals surface area contributed by atoms with E-state index >= 15 is 0 Å². The van der Waals surface area contributed by atoms with E-state index in [-0.39, 0.29) is 6.61 Å². The van der Waals surface area contributed by atoms with Crippen molar-refractivity contribution in [3.05, 3.63) is 72.2 Å². The van der Waals surface area contributed by atoms with E-state index in [0.717, 1.165) is 17.6 Å². The summed E-state index contributed by atoms with van der Waals surface area (Å²) < 4.78 is 5.39. The second-order valence-electron chi connectivity index (χ2n) is 4.75. The molecule has 0 aliphatic rings. The zero-order chi connectivity index (χ0) is 14.3. The molecule has 0 aliphatic heterocycles. The Morgan fingerprint density at radius 1 is 1.10 bits per heavy atom. The van der Waals surface area contributed by atoms with E-state index in [1.807, 2.05) is 48.5 Å². The van der Waals surface area contributed by atoms with Crippen LogP contribution in [0, 0.1) is 0 Å². The van der Waals surface area contributed by atoms with Crippen molar-refractivity contribution in [1.29, 1.82) is 0 Å². The summed E-state index contributed by atoms with van der Waals surface area (Å²) in [6.07, 6.45) is 7.12. The standard InChI is InChI=1S/C17H18O3/c18-11-5-4-10-17(14-19,13-16-9-6-12-20-16)15-7-2-1-3-8-15/h1-9,12,14,18H,10-11,13H2/b5-4+. The zero-order valence-electron chi connectivity index (χ0n) is 11.2. The van der Waals surface area contributed by atoms with Crippen molar-refractivity contribution < 1.29 is 14.3 Å². The number of carbonyl (C=O) groups is 1. The van der Waals surface area contributed by atoms with E-state index in [0.29, 0.717) is 12.8 Å². The summed E-state index contributed by atoms with van der Waals surface area (Å²) in [5.41, 5.74) is 0.291. The van der Waals surface area contributed by atoms with Gasteiger partial charge in [-0.3, -0.25) is 0 Å². The fourth-order valence-electron chi connectivity index (χ4n) is 2.31. The maximum absolute atomic E-state index is 11.8. The van der Waals surface area contributed by atoms with Crippen molar-refractivity contribution in [3.63, 3.8) is 0 Å². The van der Waals surface area contributed by atoms with E-state index < -0.39 is 5.41 Å². The van der Waals surface area contributed by atoms with Crippen molar-refractivity contribution in [3.8, 4) is 0 Å². The van der Waals surface area contributed by atoms with Gasteiger partial charge in [-0.05, 0) is 24.1 Å². The largest absolute Gasteiger partial charge is 0.469 e. The first-order chi connectivity index (χ1) is 9.80. The van der Waals surface area contributed by atoms with Gasteiger partial charge < -0.3 is 14.3 Å². The van der Waals surface area contributed by atoms with Crippen LogP contribution < -0.4 is 0 Å². The Morgan fingerprint density at radius 3 is 2.50 bits per heavy atom. The Labute approximate surface area is 118 Å². The number of carbonyl (C=O) groups excluding carboxylic acids is 1. The molecule has 1 atom stereocenters. The molecule has 2 aromatic rings. The number of hydrogen-bond donors (Lipinski definition) is 1. The minimum absolute atomic E-state index is 0.0233. The highest BCUT2D eigenvalue weighted by Gasteiger charge is 2.32. The van der Waals surface area contributed by atoms with Crippen LogP contribution in [-0.4, -0.2) is 18.0 Å². The molecule has 1 aromatic carbocycles. The number of furan rings is 1. The number of allylic oxidation sites excluding steroid dienone is 1. The lowest BCUT2D eigenvalue weighted by atomic mass is 9.75. The van der Waals surface area contributed by atoms with Crippen LogP contribution in [0.5, 0.6) is 0 Å². The number of aliphatic hydroxyl groups excluding tert-OH is 1. The zero-order valence-corrected chi connectivity index (χ0v) is 11.2. The van der Waals surface area contributed by atoms with Gasteiger partial charge in [-0.1, -0.05) is 42.5 Å². The molecule has 1 heterocycles. The van der Waals surface area contributed by atoms with E-state index in [1.54, 1.807) is 12.3 Å². The average molecular weight is 270 g/mol. The molecule has 20 heavy (non-hydrogen) atoms.